The molecule has 25 heavy (non-hydrogen) atoms. The third kappa shape index (κ3) is 6.39. The summed E-state index contributed by atoms with van der Waals surface area (Å²) in [5, 5.41) is 6.21. The molecule has 1 heterocycles. The first-order valence-corrected chi connectivity index (χ1v) is 8.24. The van der Waals surface area contributed by atoms with Crippen LogP contribution in [0.4, 0.5) is 11.5 Å². The second-order valence-corrected chi connectivity index (χ2v) is 5.49. The number of anilines is 2. The molecule has 0 saturated heterocycles. The summed E-state index contributed by atoms with van der Waals surface area (Å²) >= 11 is 5.76. The molecule has 0 atom stereocenters. The number of carbonyl (C=O) groups is 2. The number of esters is 1. The van der Waals surface area contributed by atoms with E-state index in [-0.39, 0.29) is 11.9 Å². The maximum Gasteiger partial charge on any atom is 0.338 e. The number of hydrogen-bond acceptors (Lipinski definition) is 6. The molecule has 2 aromatic rings. The van der Waals surface area contributed by atoms with Crippen LogP contribution in [-0.2, 0) is 9.53 Å². The Bertz CT molecular complexity index is 722. The van der Waals surface area contributed by atoms with E-state index in [9.17, 15) is 9.59 Å². The van der Waals surface area contributed by atoms with Crippen molar-refractivity contribution < 1.29 is 14.3 Å². The standard InChI is InChI=1S/C17H19ClN4O3/c1-2-25-17(24)12-5-7-13(8-6-12)22-16(23)4-3-9-19-15-10-14(18)20-11-21-15/h5-8,10-11H,2-4,9H2,1H3,(H,22,23)(H,19,20,21). The maximum absolute atomic E-state index is 11.9. The first-order chi connectivity index (χ1) is 12.1. The van der Waals surface area contributed by atoms with Crippen LogP contribution >= 0.6 is 11.6 Å². The van der Waals surface area contributed by atoms with Crippen molar-refractivity contribution in [1.29, 1.82) is 0 Å². The van der Waals surface area contributed by atoms with Crippen LogP contribution < -0.4 is 10.6 Å². The number of amides is 1. The highest BCUT2D eigenvalue weighted by molar-refractivity contribution is 6.29. The average molecular weight is 363 g/mol. The predicted molar refractivity (Wildman–Crippen MR) is 95.8 cm³/mol. The molecule has 0 radical (unpaired) electrons. The summed E-state index contributed by atoms with van der Waals surface area (Å²) < 4.78 is 4.91. The van der Waals surface area contributed by atoms with Gasteiger partial charge in [-0.1, -0.05) is 11.6 Å². The van der Waals surface area contributed by atoms with Crippen molar-refractivity contribution in [2.24, 2.45) is 0 Å². The van der Waals surface area contributed by atoms with Crippen molar-refractivity contribution in [3.8, 4) is 0 Å². The van der Waals surface area contributed by atoms with Crippen molar-refractivity contribution in [3.05, 3.63) is 47.4 Å². The minimum Gasteiger partial charge on any atom is -0.462 e. The molecule has 132 valence electrons. The van der Waals surface area contributed by atoms with Crippen LogP contribution in [-0.4, -0.2) is 35.0 Å². The van der Waals surface area contributed by atoms with E-state index in [0.29, 0.717) is 48.2 Å². The van der Waals surface area contributed by atoms with E-state index in [0.717, 1.165) is 0 Å². The van der Waals surface area contributed by atoms with Crippen molar-refractivity contribution in [3.63, 3.8) is 0 Å². The largest absolute Gasteiger partial charge is 0.462 e. The molecule has 1 aromatic heterocycles. The maximum atomic E-state index is 11.9. The zero-order valence-electron chi connectivity index (χ0n) is 13.8. The number of halogens is 1. The number of hydrogen-bond donors (Lipinski definition) is 2. The molecule has 2 rings (SSSR count). The second kappa shape index (κ2) is 9.58. The van der Waals surface area contributed by atoms with Gasteiger partial charge >= 0.3 is 5.97 Å². The average Bonchev–Trinajstić information content (AvgIpc) is 2.60. The number of benzene rings is 1. The normalized spacial score (nSPS) is 10.2. The molecule has 0 aliphatic rings. The van der Waals surface area contributed by atoms with Gasteiger partial charge in [0.05, 0.1) is 12.2 Å². The van der Waals surface area contributed by atoms with E-state index < -0.39 is 0 Å². The van der Waals surface area contributed by atoms with Crippen molar-refractivity contribution in [1.82, 2.24) is 9.97 Å². The van der Waals surface area contributed by atoms with E-state index >= 15 is 0 Å². The first kappa shape index (κ1) is 18.7. The molecule has 0 spiro atoms. The zero-order chi connectivity index (χ0) is 18.1. The number of carbonyl (C=O) groups excluding carboxylic acids is 2. The molecular formula is C17H19ClN4O3. The summed E-state index contributed by atoms with van der Waals surface area (Å²) in [5.74, 6) is 0.137. The van der Waals surface area contributed by atoms with Crippen molar-refractivity contribution in [2.45, 2.75) is 19.8 Å². The van der Waals surface area contributed by atoms with Gasteiger partial charge in [-0.05, 0) is 37.6 Å². The van der Waals surface area contributed by atoms with Gasteiger partial charge in [0.1, 0.15) is 17.3 Å². The van der Waals surface area contributed by atoms with Crippen LogP contribution in [0.3, 0.4) is 0 Å². The molecule has 0 aliphatic carbocycles. The summed E-state index contributed by atoms with van der Waals surface area (Å²) in [4.78, 5) is 31.3. The van der Waals surface area contributed by atoms with Crippen LogP contribution in [0.1, 0.15) is 30.1 Å². The summed E-state index contributed by atoms with van der Waals surface area (Å²) in [5.41, 5.74) is 1.08. The molecular weight excluding hydrogens is 344 g/mol. The SMILES string of the molecule is CCOC(=O)c1ccc(NC(=O)CCCNc2cc(Cl)ncn2)cc1. The van der Waals surface area contributed by atoms with E-state index in [4.69, 9.17) is 16.3 Å². The van der Waals surface area contributed by atoms with Crippen LogP contribution in [0.5, 0.6) is 0 Å². The molecule has 0 unspecified atom stereocenters. The number of nitrogens with one attached hydrogen (secondary N) is 2. The van der Waals surface area contributed by atoms with Crippen LogP contribution in [0.25, 0.3) is 0 Å². The van der Waals surface area contributed by atoms with Gasteiger partial charge in [-0.15, -0.1) is 0 Å². The van der Waals surface area contributed by atoms with Gasteiger partial charge in [0, 0.05) is 24.7 Å². The highest BCUT2D eigenvalue weighted by Crippen LogP contribution is 2.12. The Balaban J connectivity index is 1.72. The topological polar surface area (TPSA) is 93.2 Å². The van der Waals surface area contributed by atoms with E-state index in [1.807, 2.05) is 0 Å². The van der Waals surface area contributed by atoms with E-state index in [2.05, 4.69) is 20.6 Å². The fourth-order valence-corrected chi connectivity index (χ4v) is 2.17. The number of rotatable bonds is 8. The van der Waals surface area contributed by atoms with E-state index in [1.165, 1.54) is 6.33 Å². The fraction of sp³-hybridized carbons (Fsp3) is 0.294. The lowest BCUT2D eigenvalue weighted by molar-refractivity contribution is -0.116. The monoisotopic (exact) mass is 362 g/mol. The Labute approximate surface area is 150 Å². The third-order valence-corrected chi connectivity index (χ3v) is 3.41. The van der Waals surface area contributed by atoms with Crippen LogP contribution in [0.15, 0.2) is 36.7 Å². The first-order valence-electron chi connectivity index (χ1n) is 7.87. The predicted octanol–water partition coefficient (Wildman–Crippen LogP) is 3.14. The molecule has 1 aromatic carbocycles. The van der Waals surface area contributed by atoms with Gasteiger partial charge in [0.2, 0.25) is 5.91 Å². The Morgan fingerprint density at radius 1 is 1.20 bits per heavy atom. The zero-order valence-corrected chi connectivity index (χ0v) is 14.5. The number of ether oxygens (including phenoxy) is 1. The number of aromatic nitrogens is 2. The smallest absolute Gasteiger partial charge is 0.338 e. The second-order valence-electron chi connectivity index (χ2n) is 5.10. The van der Waals surface area contributed by atoms with Crippen LogP contribution in [0.2, 0.25) is 5.15 Å². The van der Waals surface area contributed by atoms with Crippen LogP contribution in [0, 0.1) is 0 Å². The summed E-state index contributed by atoms with van der Waals surface area (Å²) in [6.07, 6.45) is 2.36. The molecule has 1 amide bonds. The molecule has 8 heteroatoms. The lowest BCUT2D eigenvalue weighted by atomic mass is 10.2. The Morgan fingerprint density at radius 2 is 1.96 bits per heavy atom. The fourth-order valence-electron chi connectivity index (χ4n) is 2.02. The molecule has 7 nitrogen and oxygen atoms in total. The minimum atomic E-state index is -0.378. The third-order valence-electron chi connectivity index (χ3n) is 3.20. The van der Waals surface area contributed by atoms with Gasteiger partial charge in [-0.2, -0.15) is 0 Å². The summed E-state index contributed by atoms with van der Waals surface area (Å²) in [7, 11) is 0. The quantitative estimate of drug-likeness (QED) is 0.425. The minimum absolute atomic E-state index is 0.105. The van der Waals surface area contributed by atoms with Crippen molar-refractivity contribution in [2.75, 3.05) is 23.8 Å². The van der Waals surface area contributed by atoms with Gasteiger partial charge < -0.3 is 15.4 Å². The molecule has 0 fully saturated rings. The number of nitrogens with zero attached hydrogens (tertiary/aromatic N) is 2. The lowest BCUT2D eigenvalue weighted by Crippen LogP contribution is -2.14. The highest BCUT2D eigenvalue weighted by atomic mass is 35.5. The Kier molecular flexibility index (Phi) is 7.16. The van der Waals surface area contributed by atoms with Crippen molar-refractivity contribution >= 4 is 35.0 Å². The summed E-state index contributed by atoms with van der Waals surface area (Å²) in [6.45, 7) is 2.66. The van der Waals surface area contributed by atoms with E-state index in [1.54, 1.807) is 37.3 Å². The Morgan fingerprint density at radius 3 is 2.64 bits per heavy atom. The van der Waals surface area contributed by atoms with Gasteiger partial charge in [0.25, 0.3) is 0 Å². The van der Waals surface area contributed by atoms with Gasteiger partial charge in [0.15, 0.2) is 0 Å². The molecule has 0 saturated carbocycles. The highest BCUT2D eigenvalue weighted by Gasteiger charge is 2.07. The molecule has 0 aliphatic heterocycles. The molecule has 0 bridgehead atoms. The van der Waals surface area contributed by atoms with Gasteiger partial charge in [-0.3, -0.25) is 4.79 Å². The summed E-state index contributed by atoms with van der Waals surface area (Å²) in [6, 6.07) is 8.20. The Hall–Kier alpha value is -2.67. The lowest BCUT2D eigenvalue weighted by Gasteiger charge is -2.07. The van der Waals surface area contributed by atoms with Gasteiger partial charge in [-0.25, -0.2) is 14.8 Å². The molecule has 2 N–H and O–H groups in total.